The van der Waals surface area contributed by atoms with Gasteiger partial charge in [-0.3, -0.25) is 4.57 Å². The van der Waals surface area contributed by atoms with Crippen molar-refractivity contribution in [3.8, 4) is 28.7 Å². The second kappa shape index (κ2) is 14.8. The molecule has 0 bridgehead atoms. The molecule has 0 aliphatic heterocycles. The fourth-order valence-corrected chi connectivity index (χ4v) is 6.46. The van der Waals surface area contributed by atoms with Crippen molar-refractivity contribution < 1.29 is 35.9 Å². The number of imidazole rings is 1. The zero-order chi connectivity index (χ0) is 39.6. The Bertz CT molecular complexity index is 2530. The van der Waals surface area contributed by atoms with Gasteiger partial charge in [-0.1, -0.05) is 95.6 Å². The molecule has 7 rings (SSSR count). The van der Waals surface area contributed by atoms with E-state index < -0.39 is 12.7 Å². The van der Waals surface area contributed by atoms with E-state index in [-0.39, 0.29) is 38.3 Å². The van der Waals surface area contributed by atoms with Crippen molar-refractivity contribution in [2.24, 2.45) is 11.8 Å². The second-order valence-corrected chi connectivity index (χ2v) is 14.8. The van der Waals surface area contributed by atoms with Crippen LogP contribution < -0.4 is 9.30 Å². The van der Waals surface area contributed by atoms with Gasteiger partial charge >= 0.3 is 0 Å². The van der Waals surface area contributed by atoms with Crippen LogP contribution in [0.2, 0.25) is 0 Å². The van der Waals surface area contributed by atoms with Crippen LogP contribution in [0.4, 0.5) is 0 Å². The minimum Gasteiger partial charge on any atom is -0.508 e. The number of rotatable bonds is 9. The number of hydrogen-bond donors (Lipinski definition) is 0. The van der Waals surface area contributed by atoms with E-state index in [1.54, 1.807) is 30.6 Å². The van der Waals surface area contributed by atoms with E-state index in [4.69, 9.17) is 15.2 Å². The quantitative estimate of drug-likeness (QED) is 0.107. The molecule has 0 saturated heterocycles. The van der Waals surface area contributed by atoms with E-state index in [9.17, 15) is 0 Å². The van der Waals surface area contributed by atoms with Gasteiger partial charge < -0.3 is 18.9 Å². The van der Waals surface area contributed by atoms with Gasteiger partial charge in [0.2, 0.25) is 0 Å². The maximum atomic E-state index is 8.89. The molecular formula is C45H47N5OPt-2. The SMILES string of the molecule is [2H]C([2H])(c1cc(-[n+]2[c-]n(-c3[c-]c(Oc4[c-]c5c(cc4)c4ccccc4n5-c4cc(C(C)(C)C)ccn4)cnc3)c(C)c2C)cc(C([2H])([2H])C(C)C)c1)C(C)C.[Pt]. The number of ether oxygens (including phenoxy) is 1. The monoisotopic (exact) mass is 872 g/mol. The van der Waals surface area contributed by atoms with E-state index in [0.717, 1.165) is 39.0 Å². The molecule has 7 heteroatoms. The van der Waals surface area contributed by atoms with Gasteiger partial charge in [-0.2, -0.15) is 6.07 Å². The predicted octanol–water partition coefficient (Wildman–Crippen LogP) is 10.1. The summed E-state index contributed by atoms with van der Waals surface area (Å²) in [5, 5.41) is 2.13. The number of fused-ring (bicyclic) bond motifs is 3. The maximum Gasteiger partial charge on any atom is 0.267 e. The van der Waals surface area contributed by atoms with Crippen LogP contribution in [0.3, 0.4) is 0 Å². The van der Waals surface area contributed by atoms with Gasteiger partial charge in [0.1, 0.15) is 5.82 Å². The number of para-hydroxylation sites is 1. The molecule has 0 amide bonds. The van der Waals surface area contributed by atoms with Crippen molar-refractivity contribution in [2.75, 3.05) is 0 Å². The Balaban J connectivity index is 0.00000532. The molecule has 0 aliphatic rings. The summed E-state index contributed by atoms with van der Waals surface area (Å²) in [4.78, 5) is 9.28. The molecule has 6 nitrogen and oxygen atoms in total. The summed E-state index contributed by atoms with van der Waals surface area (Å²) in [6.45, 7) is 17.9. The van der Waals surface area contributed by atoms with Gasteiger partial charge in [-0.25, -0.2) is 4.98 Å². The Morgan fingerprint density at radius 3 is 2.25 bits per heavy atom. The van der Waals surface area contributed by atoms with Crippen molar-refractivity contribution in [1.82, 2.24) is 19.1 Å². The van der Waals surface area contributed by atoms with E-state index in [1.807, 2.05) is 81.1 Å². The average molecular weight is 873 g/mol. The summed E-state index contributed by atoms with van der Waals surface area (Å²) in [6.07, 6.45) is 5.23. The van der Waals surface area contributed by atoms with Crippen LogP contribution in [0, 0.1) is 44.1 Å². The summed E-state index contributed by atoms with van der Waals surface area (Å²) in [5.41, 5.74) is 6.81. The molecule has 0 saturated carbocycles. The van der Waals surface area contributed by atoms with Crippen LogP contribution in [-0.4, -0.2) is 19.1 Å². The fraction of sp³-hybridized carbons (Fsp3) is 0.311. The molecule has 3 aromatic carbocycles. The Hall–Kier alpha value is -4.54. The van der Waals surface area contributed by atoms with Gasteiger partial charge in [0.05, 0.1) is 11.4 Å². The Morgan fingerprint density at radius 2 is 1.56 bits per heavy atom. The molecule has 0 atom stereocenters. The first-order valence-corrected chi connectivity index (χ1v) is 17.6. The first-order valence-electron chi connectivity index (χ1n) is 19.6. The molecule has 0 radical (unpaired) electrons. The molecule has 0 spiro atoms. The third-order valence-electron chi connectivity index (χ3n) is 8.98. The molecule has 0 fully saturated rings. The number of hydrogen-bond acceptors (Lipinski definition) is 3. The van der Waals surface area contributed by atoms with E-state index in [2.05, 4.69) is 73.0 Å². The molecule has 52 heavy (non-hydrogen) atoms. The predicted molar refractivity (Wildman–Crippen MR) is 206 cm³/mol. The van der Waals surface area contributed by atoms with Crippen LogP contribution in [0.25, 0.3) is 39.0 Å². The molecular weight excluding hydrogens is 822 g/mol. The smallest absolute Gasteiger partial charge is 0.267 e. The molecule has 4 heterocycles. The number of benzene rings is 3. The Morgan fingerprint density at radius 1 is 0.846 bits per heavy atom. The van der Waals surface area contributed by atoms with Crippen LogP contribution in [0.15, 0.2) is 85.3 Å². The number of pyridine rings is 2. The normalized spacial score (nSPS) is 13.6. The van der Waals surface area contributed by atoms with Gasteiger partial charge in [0, 0.05) is 55.5 Å². The Kier molecular flexibility index (Phi) is 9.16. The minimum atomic E-state index is -1.67. The molecule has 0 aliphatic carbocycles. The van der Waals surface area contributed by atoms with Crippen LogP contribution in [0.1, 0.15) is 82.0 Å². The van der Waals surface area contributed by atoms with Crippen molar-refractivity contribution in [1.29, 1.82) is 0 Å². The Labute approximate surface area is 328 Å². The standard InChI is InChI=1S/C45H47N5O.Pt/c1-29(2)18-33-20-34(19-30(3)4)22-36(21-33)48-28-49(32(6)31(48)5)37-24-39(27-46-26-37)51-38-14-15-41-40-12-10-11-13-42(40)50(43(41)25-38)44-23-35(16-17-47-44)45(7,8)9;/h10-17,20-23,26-27,29-30H,18-19H2,1-9H3;/q-2;/i18D2,19D2;. The van der Waals surface area contributed by atoms with Gasteiger partial charge in [-0.05, 0) is 97.0 Å². The van der Waals surface area contributed by atoms with E-state index >= 15 is 0 Å². The van der Waals surface area contributed by atoms with Crippen molar-refractivity contribution in [3.05, 3.63) is 132 Å². The topological polar surface area (TPSA) is 48.8 Å². The van der Waals surface area contributed by atoms with Crippen molar-refractivity contribution in [3.63, 3.8) is 0 Å². The zero-order valence-corrected chi connectivity index (χ0v) is 33.5. The van der Waals surface area contributed by atoms with Crippen LogP contribution >= 0.6 is 0 Å². The maximum absolute atomic E-state index is 8.89. The second-order valence-electron chi connectivity index (χ2n) is 14.8. The molecule has 4 aromatic heterocycles. The summed E-state index contributed by atoms with van der Waals surface area (Å²) < 4.78 is 47.8. The zero-order valence-electron chi connectivity index (χ0n) is 35.2. The van der Waals surface area contributed by atoms with Crippen LogP contribution in [0.5, 0.6) is 11.5 Å². The first-order chi connectivity index (χ1) is 25.9. The number of nitrogens with zero attached hydrogens (tertiary/aromatic N) is 5. The third kappa shape index (κ3) is 7.50. The van der Waals surface area contributed by atoms with Crippen molar-refractivity contribution in [2.45, 2.75) is 80.5 Å². The summed E-state index contributed by atoms with van der Waals surface area (Å²) >= 11 is 0. The fourth-order valence-electron chi connectivity index (χ4n) is 6.46. The van der Waals surface area contributed by atoms with Gasteiger partial charge in [-0.15, -0.1) is 23.6 Å². The first kappa shape index (κ1) is 32.1. The number of aromatic nitrogens is 5. The summed E-state index contributed by atoms with van der Waals surface area (Å²) in [6, 6.07) is 28.6. The van der Waals surface area contributed by atoms with Gasteiger partial charge in [0.25, 0.3) is 6.33 Å². The summed E-state index contributed by atoms with van der Waals surface area (Å²) in [5.74, 6) is 1.07. The van der Waals surface area contributed by atoms with E-state index in [0.29, 0.717) is 34.0 Å². The molecule has 0 N–H and O–H groups in total. The minimum absolute atomic E-state index is 0. The van der Waals surface area contributed by atoms with Crippen LogP contribution in [-0.2, 0) is 39.2 Å². The molecule has 270 valence electrons. The third-order valence-corrected chi connectivity index (χ3v) is 8.98. The van der Waals surface area contributed by atoms with Gasteiger partial charge in [0.15, 0.2) is 0 Å². The van der Waals surface area contributed by atoms with E-state index in [1.165, 1.54) is 5.56 Å². The van der Waals surface area contributed by atoms with Crippen molar-refractivity contribution >= 4 is 21.8 Å². The largest absolute Gasteiger partial charge is 0.508 e. The summed E-state index contributed by atoms with van der Waals surface area (Å²) in [7, 11) is 0. The molecule has 0 unspecified atom stereocenters. The molecule has 7 aromatic rings. The average Bonchev–Trinajstić information content (AvgIpc) is 3.63.